The van der Waals surface area contributed by atoms with Crippen LogP contribution in [0.4, 0.5) is 0 Å². The van der Waals surface area contributed by atoms with Crippen molar-refractivity contribution in [2.24, 2.45) is 10.8 Å². The van der Waals surface area contributed by atoms with Crippen LogP contribution in [0.25, 0.3) is 0 Å². The van der Waals surface area contributed by atoms with E-state index in [4.69, 9.17) is 15.2 Å². The molecule has 2 amide bonds. The third-order valence-electron chi connectivity index (χ3n) is 3.17. The topological polar surface area (TPSA) is 123 Å². The zero-order chi connectivity index (χ0) is 18.9. The Labute approximate surface area is 150 Å². The molecule has 0 heterocycles. The second-order valence-electron chi connectivity index (χ2n) is 5.11. The van der Waals surface area contributed by atoms with E-state index in [1.54, 1.807) is 30.3 Å². The Kier molecular flexibility index (Phi) is 6.55. The molecule has 0 spiro atoms. The van der Waals surface area contributed by atoms with Crippen molar-refractivity contribution in [1.82, 2.24) is 5.43 Å². The Morgan fingerprint density at radius 2 is 1.96 bits per heavy atom. The van der Waals surface area contributed by atoms with Crippen LogP contribution in [-0.4, -0.2) is 36.3 Å². The summed E-state index contributed by atoms with van der Waals surface area (Å²) in [6.45, 7) is 1.95. The average molecular weight is 357 g/mol. The lowest BCUT2D eigenvalue weighted by atomic mass is 10.2. The highest BCUT2D eigenvalue weighted by atomic mass is 16.5. The molecular weight excluding hydrogens is 338 g/mol. The number of aromatic hydroxyl groups is 1. The van der Waals surface area contributed by atoms with Crippen molar-refractivity contribution in [2.45, 2.75) is 6.92 Å². The van der Waals surface area contributed by atoms with Gasteiger partial charge in [0.15, 0.2) is 18.1 Å². The van der Waals surface area contributed by atoms with E-state index in [0.29, 0.717) is 23.7 Å². The van der Waals surface area contributed by atoms with Gasteiger partial charge in [0.1, 0.15) is 5.75 Å². The number of amides is 2. The summed E-state index contributed by atoms with van der Waals surface area (Å²) in [6.07, 6.45) is 1.41. The van der Waals surface area contributed by atoms with Crippen LogP contribution in [0.5, 0.6) is 17.2 Å². The minimum atomic E-state index is -0.593. The van der Waals surface area contributed by atoms with Crippen molar-refractivity contribution < 1.29 is 24.2 Å². The van der Waals surface area contributed by atoms with E-state index in [9.17, 15) is 14.7 Å². The Hall–Kier alpha value is -3.55. The van der Waals surface area contributed by atoms with Crippen LogP contribution in [0, 0.1) is 0 Å². The number of nitrogens with two attached hydrogens (primary N) is 1. The van der Waals surface area contributed by atoms with E-state index < -0.39 is 11.8 Å². The number of phenolic OH excluding ortho intramolecular Hbond substituents is 1. The number of primary amides is 1. The maximum absolute atomic E-state index is 12.0. The van der Waals surface area contributed by atoms with E-state index in [0.717, 1.165) is 0 Å². The van der Waals surface area contributed by atoms with Crippen LogP contribution in [0.15, 0.2) is 47.6 Å². The predicted molar refractivity (Wildman–Crippen MR) is 95.5 cm³/mol. The van der Waals surface area contributed by atoms with Gasteiger partial charge in [-0.05, 0) is 42.8 Å². The Balaban J connectivity index is 2.07. The SMILES string of the molecule is CCOc1cc(/C=N\NC(=O)c2ccccc2O)ccc1OCC(N)=O. The molecule has 2 rings (SSSR count). The summed E-state index contributed by atoms with van der Waals surface area (Å²) < 4.78 is 10.7. The van der Waals surface area contributed by atoms with Crippen LogP contribution < -0.4 is 20.6 Å². The zero-order valence-corrected chi connectivity index (χ0v) is 14.1. The molecule has 26 heavy (non-hydrogen) atoms. The van der Waals surface area contributed by atoms with Crippen molar-refractivity contribution >= 4 is 18.0 Å². The first-order chi connectivity index (χ1) is 12.5. The molecule has 0 saturated carbocycles. The van der Waals surface area contributed by atoms with Crippen molar-refractivity contribution in [2.75, 3.05) is 13.2 Å². The molecule has 2 aromatic rings. The Morgan fingerprint density at radius 3 is 2.65 bits per heavy atom. The lowest BCUT2D eigenvalue weighted by Gasteiger charge is -2.11. The molecule has 0 unspecified atom stereocenters. The second kappa shape index (κ2) is 9.07. The fourth-order valence-electron chi connectivity index (χ4n) is 2.03. The molecule has 0 bridgehead atoms. The highest BCUT2D eigenvalue weighted by Gasteiger charge is 2.09. The molecule has 136 valence electrons. The molecule has 8 nitrogen and oxygen atoms in total. The van der Waals surface area contributed by atoms with Gasteiger partial charge in [0.25, 0.3) is 11.8 Å². The fraction of sp³-hybridized carbons (Fsp3) is 0.167. The molecule has 0 aromatic heterocycles. The van der Waals surface area contributed by atoms with Crippen LogP contribution >= 0.6 is 0 Å². The summed E-state index contributed by atoms with van der Waals surface area (Å²) in [6, 6.07) is 11.1. The maximum Gasteiger partial charge on any atom is 0.275 e. The van der Waals surface area contributed by atoms with Crippen LogP contribution in [0.1, 0.15) is 22.8 Å². The van der Waals surface area contributed by atoms with Gasteiger partial charge in [0.05, 0.1) is 18.4 Å². The van der Waals surface area contributed by atoms with Crippen molar-refractivity contribution in [1.29, 1.82) is 0 Å². The van der Waals surface area contributed by atoms with Crippen molar-refractivity contribution in [3.05, 3.63) is 53.6 Å². The first-order valence-electron chi connectivity index (χ1n) is 7.80. The van der Waals surface area contributed by atoms with Crippen LogP contribution in [0.3, 0.4) is 0 Å². The Bertz CT molecular complexity index is 820. The molecule has 4 N–H and O–H groups in total. The fourth-order valence-corrected chi connectivity index (χ4v) is 2.03. The number of hydrogen-bond acceptors (Lipinski definition) is 6. The molecule has 0 aliphatic rings. The highest BCUT2D eigenvalue weighted by molar-refractivity contribution is 5.97. The smallest absolute Gasteiger partial charge is 0.275 e. The molecule has 0 aliphatic carbocycles. The molecule has 0 saturated heterocycles. The number of rotatable bonds is 8. The van der Waals surface area contributed by atoms with E-state index in [1.807, 2.05) is 6.92 Å². The number of phenols is 1. The second-order valence-corrected chi connectivity index (χ2v) is 5.11. The first-order valence-corrected chi connectivity index (χ1v) is 7.80. The number of hydrogen-bond donors (Lipinski definition) is 3. The number of carbonyl (C=O) groups excluding carboxylic acids is 2. The van der Waals surface area contributed by atoms with Gasteiger partial charge in [-0.2, -0.15) is 5.10 Å². The number of para-hydroxylation sites is 1. The minimum Gasteiger partial charge on any atom is -0.507 e. The van der Waals surface area contributed by atoms with E-state index in [1.165, 1.54) is 18.3 Å². The lowest BCUT2D eigenvalue weighted by Crippen LogP contribution is -2.20. The lowest BCUT2D eigenvalue weighted by molar-refractivity contribution is -0.119. The normalized spacial score (nSPS) is 10.5. The summed E-state index contributed by atoms with van der Waals surface area (Å²) in [5.41, 5.74) is 8.15. The average Bonchev–Trinajstić information content (AvgIpc) is 2.61. The molecule has 8 heteroatoms. The number of ether oxygens (including phenoxy) is 2. The molecule has 0 radical (unpaired) electrons. The third kappa shape index (κ3) is 5.23. The van der Waals surface area contributed by atoms with Gasteiger partial charge < -0.3 is 20.3 Å². The van der Waals surface area contributed by atoms with Gasteiger partial charge in [0.2, 0.25) is 0 Å². The van der Waals surface area contributed by atoms with E-state index in [2.05, 4.69) is 10.5 Å². The minimum absolute atomic E-state index is 0.120. The van der Waals surface area contributed by atoms with Gasteiger partial charge in [-0.25, -0.2) is 5.43 Å². The Morgan fingerprint density at radius 1 is 1.19 bits per heavy atom. The predicted octanol–water partition coefficient (Wildman–Crippen LogP) is 1.42. The number of benzene rings is 2. The summed E-state index contributed by atoms with van der Waals surface area (Å²) in [5.74, 6) is -0.462. The summed E-state index contributed by atoms with van der Waals surface area (Å²) in [7, 11) is 0. The van der Waals surface area contributed by atoms with Gasteiger partial charge in [0, 0.05) is 0 Å². The van der Waals surface area contributed by atoms with Gasteiger partial charge >= 0.3 is 0 Å². The third-order valence-corrected chi connectivity index (χ3v) is 3.17. The molecule has 2 aromatic carbocycles. The summed E-state index contributed by atoms with van der Waals surface area (Å²) in [5, 5.41) is 13.5. The molecule has 0 fully saturated rings. The standard InChI is InChI=1S/C18H19N3O5/c1-2-25-16-9-12(7-8-15(16)26-11-17(19)23)10-20-21-18(24)13-5-3-4-6-14(13)22/h3-10,22H,2,11H2,1H3,(H2,19,23)(H,21,24)/b20-10-. The monoisotopic (exact) mass is 357 g/mol. The number of hydrazone groups is 1. The number of nitrogens with one attached hydrogen (secondary N) is 1. The highest BCUT2D eigenvalue weighted by Crippen LogP contribution is 2.28. The number of nitrogens with zero attached hydrogens (tertiary/aromatic N) is 1. The summed E-state index contributed by atoms with van der Waals surface area (Å²) >= 11 is 0. The summed E-state index contributed by atoms with van der Waals surface area (Å²) in [4.78, 5) is 22.8. The quantitative estimate of drug-likeness (QED) is 0.487. The van der Waals surface area contributed by atoms with E-state index in [-0.39, 0.29) is 17.9 Å². The molecular formula is C18H19N3O5. The molecule has 0 aliphatic heterocycles. The van der Waals surface area contributed by atoms with Crippen molar-refractivity contribution in [3.63, 3.8) is 0 Å². The van der Waals surface area contributed by atoms with Crippen molar-refractivity contribution in [3.8, 4) is 17.2 Å². The number of carbonyl (C=O) groups is 2. The van der Waals surface area contributed by atoms with Gasteiger partial charge in [-0.15, -0.1) is 0 Å². The zero-order valence-electron chi connectivity index (χ0n) is 14.1. The van der Waals surface area contributed by atoms with Crippen LogP contribution in [-0.2, 0) is 4.79 Å². The molecule has 0 atom stereocenters. The van der Waals surface area contributed by atoms with Gasteiger partial charge in [-0.3, -0.25) is 9.59 Å². The van der Waals surface area contributed by atoms with Gasteiger partial charge in [-0.1, -0.05) is 12.1 Å². The van der Waals surface area contributed by atoms with E-state index >= 15 is 0 Å². The first kappa shape index (κ1) is 18.8. The largest absolute Gasteiger partial charge is 0.507 e. The maximum atomic E-state index is 12.0. The van der Waals surface area contributed by atoms with Crippen LogP contribution in [0.2, 0.25) is 0 Å².